The van der Waals surface area contributed by atoms with Crippen LogP contribution in [0, 0.1) is 0 Å². The topological polar surface area (TPSA) is 77.8 Å². The van der Waals surface area contributed by atoms with Crippen molar-refractivity contribution in [3.63, 3.8) is 0 Å². The summed E-state index contributed by atoms with van der Waals surface area (Å²) in [7, 11) is 0. The molecule has 6 heterocycles. The molecule has 0 saturated carbocycles. The van der Waals surface area contributed by atoms with Gasteiger partial charge in [-0.15, -0.1) is 45.3 Å². The number of oxazole rings is 2. The maximum Gasteiger partial charge on any atom is 0.257 e. The quantitative estimate of drug-likeness (QED) is 0.190. The number of thiazole rings is 2. The van der Waals surface area contributed by atoms with Crippen molar-refractivity contribution in [2.24, 2.45) is 0 Å². The predicted molar refractivity (Wildman–Crippen MR) is 183 cm³/mol. The van der Waals surface area contributed by atoms with Gasteiger partial charge in [-0.25, -0.2) is 19.9 Å². The van der Waals surface area contributed by atoms with E-state index in [0.717, 1.165) is 50.9 Å². The second-order valence-corrected chi connectivity index (χ2v) is 14.5. The Labute approximate surface area is 264 Å². The molecule has 44 heavy (non-hydrogen) atoms. The third kappa shape index (κ3) is 3.96. The van der Waals surface area contributed by atoms with Crippen molar-refractivity contribution in [1.29, 1.82) is 0 Å². The molecule has 0 bridgehead atoms. The summed E-state index contributed by atoms with van der Waals surface area (Å²) in [6, 6.07) is 33.3. The van der Waals surface area contributed by atoms with Crippen LogP contribution in [0.15, 0.2) is 106 Å². The van der Waals surface area contributed by atoms with Crippen molar-refractivity contribution in [3.8, 4) is 42.7 Å². The molecule has 0 aliphatic rings. The van der Waals surface area contributed by atoms with Crippen molar-refractivity contribution in [3.05, 3.63) is 97.1 Å². The van der Waals surface area contributed by atoms with Gasteiger partial charge in [0.05, 0.1) is 9.40 Å². The zero-order chi connectivity index (χ0) is 28.8. The number of aromatic nitrogens is 4. The second kappa shape index (κ2) is 9.38. The van der Waals surface area contributed by atoms with Crippen molar-refractivity contribution in [2.75, 3.05) is 0 Å². The minimum atomic E-state index is 0.535. The van der Waals surface area contributed by atoms with E-state index in [0.29, 0.717) is 22.9 Å². The van der Waals surface area contributed by atoms with Gasteiger partial charge in [0.2, 0.25) is 0 Å². The zero-order valence-corrected chi connectivity index (χ0v) is 25.7. The monoisotopic (exact) mass is 640 g/mol. The van der Waals surface area contributed by atoms with E-state index in [1.807, 2.05) is 36.4 Å². The third-order valence-corrected chi connectivity index (χ3v) is 11.9. The maximum absolute atomic E-state index is 6.22. The van der Waals surface area contributed by atoms with Crippen molar-refractivity contribution in [1.82, 2.24) is 19.9 Å². The molecule has 0 N–H and O–H groups in total. The Kier molecular flexibility index (Phi) is 5.26. The lowest BCUT2D eigenvalue weighted by molar-refractivity contribution is 0.619. The highest BCUT2D eigenvalue weighted by Crippen LogP contribution is 2.42. The first-order chi connectivity index (χ1) is 21.7. The number of nitrogens with zero attached hydrogens (tertiary/aromatic N) is 4. The standard InChI is InChI=1S/C34H16N4O2S4/c1-3-7-17(8-4-1)25-15-27-31(41-25)37-33(43-27)29-35-21-11-19-14-24-22(12-20(19)13-23(21)39-29)36-30(40-24)34-38-32-28(44-34)16-26(42-32)18-9-5-2-6-10-18/h1-16H. The molecule has 10 rings (SSSR count). The van der Waals surface area contributed by atoms with Gasteiger partial charge in [0.25, 0.3) is 11.8 Å². The summed E-state index contributed by atoms with van der Waals surface area (Å²) in [6.07, 6.45) is 0. The van der Waals surface area contributed by atoms with Gasteiger partial charge in [-0.2, -0.15) is 0 Å². The number of thiophene rings is 2. The van der Waals surface area contributed by atoms with Gasteiger partial charge >= 0.3 is 0 Å². The Balaban J connectivity index is 0.982. The van der Waals surface area contributed by atoms with E-state index in [1.165, 1.54) is 20.9 Å². The van der Waals surface area contributed by atoms with Gasteiger partial charge in [-0.1, -0.05) is 60.7 Å². The van der Waals surface area contributed by atoms with Crippen LogP contribution in [0.1, 0.15) is 0 Å². The van der Waals surface area contributed by atoms with Crippen LogP contribution >= 0.6 is 45.3 Å². The summed E-state index contributed by atoms with van der Waals surface area (Å²) in [5.74, 6) is 1.07. The first kappa shape index (κ1) is 24.7. The minimum absolute atomic E-state index is 0.535. The second-order valence-electron chi connectivity index (χ2n) is 10.4. The smallest absolute Gasteiger partial charge is 0.257 e. The Bertz CT molecular complexity index is 2360. The van der Waals surface area contributed by atoms with Crippen LogP contribution in [-0.2, 0) is 0 Å². The molecule has 0 atom stereocenters. The first-order valence-electron chi connectivity index (χ1n) is 13.8. The summed E-state index contributed by atoms with van der Waals surface area (Å²) < 4.78 is 14.7. The van der Waals surface area contributed by atoms with Crippen LogP contribution in [0.2, 0.25) is 0 Å². The predicted octanol–water partition coefficient (Wildman–Crippen LogP) is 11.1. The van der Waals surface area contributed by atoms with Crippen molar-refractivity contribution >= 4 is 97.4 Å². The van der Waals surface area contributed by atoms with Crippen LogP contribution in [0.3, 0.4) is 0 Å². The van der Waals surface area contributed by atoms with Crippen LogP contribution in [0.4, 0.5) is 0 Å². The molecule has 208 valence electrons. The summed E-state index contributed by atoms with van der Waals surface area (Å²) >= 11 is 6.58. The number of hydrogen-bond donors (Lipinski definition) is 0. The van der Waals surface area contributed by atoms with Gasteiger partial charge in [0.1, 0.15) is 20.7 Å². The normalized spacial score (nSPS) is 12.1. The Morgan fingerprint density at radius 1 is 0.455 bits per heavy atom. The summed E-state index contributed by atoms with van der Waals surface area (Å²) in [5, 5.41) is 3.58. The molecule has 0 radical (unpaired) electrons. The molecular formula is C34H16N4O2S4. The largest absolute Gasteiger partial charge is 0.434 e. The van der Waals surface area contributed by atoms with Crippen LogP contribution in [0.5, 0.6) is 0 Å². The Hall–Kier alpha value is -4.74. The lowest BCUT2D eigenvalue weighted by atomic mass is 10.1. The Morgan fingerprint density at radius 2 is 0.909 bits per heavy atom. The summed E-state index contributed by atoms with van der Waals surface area (Å²) in [4.78, 5) is 23.7. The number of benzene rings is 4. The van der Waals surface area contributed by atoms with Gasteiger partial charge < -0.3 is 8.83 Å². The fraction of sp³-hybridized carbons (Fsp3) is 0. The zero-order valence-electron chi connectivity index (χ0n) is 22.5. The van der Waals surface area contributed by atoms with E-state index in [-0.39, 0.29) is 0 Å². The highest BCUT2D eigenvalue weighted by atomic mass is 32.1. The number of fused-ring (bicyclic) bond motifs is 5. The van der Waals surface area contributed by atoms with E-state index < -0.39 is 0 Å². The molecular weight excluding hydrogens is 625 g/mol. The van der Waals surface area contributed by atoms with Gasteiger partial charge in [0, 0.05) is 9.75 Å². The van der Waals surface area contributed by atoms with E-state index in [1.54, 1.807) is 45.3 Å². The summed E-state index contributed by atoms with van der Waals surface area (Å²) in [5.41, 5.74) is 5.40. The minimum Gasteiger partial charge on any atom is -0.434 e. The molecule has 0 spiro atoms. The highest BCUT2D eigenvalue weighted by Gasteiger charge is 2.19. The summed E-state index contributed by atoms with van der Waals surface area (Å²) in [6.45, 7) is 0. The van der Waals surface area contributed by atoms with Gasteiger partial charge in [-0.05, 0) is 58.3 Å². The molecule has 0 fully saturated rings. The van der Waals surface area contributed by atoms with Crippen LogP contribution < -0.4 is 0 Å². The van der Waals surface area contributed by atoms with Gasteiger partial charge in [-0.3, -0.25) is 0 Å². The van der Waals surface area contributed by atoms with Crippen molar-refractivity contribution < 1.29 is 8.83 Å². The van der Waals surface area contributed by atoms with Crippen LogP contribution in [-0.4, -0.2) is 19.9 Å². The molecule has 10 heteroatoms. The molecule has 10 aromatic rings. The number of rotatable bonds is 4. The third-order valence-electron chi connectivity index (χ3n) is 7.51. The molecule has 4 aromatic carbocycles. The van der Waals surface area contributed by atoms with E-state index in [4.69, 9.17) is 28.8 Å². The molecule has 0 saturated heterocycles. The maximum atomic E-state index is 6.22. The average molecular weight is 641 g/mol. The van der Waals surface area contributed by atoms with E-state index >= 15 is 0 Å². The Morgan fingerprint density at radius 3 is 1.34 bits per heavy atom. The fourth-order valence-electron chi connectivity index (χ4n) is 5.42. The molecule has 0 amide bonds. The van der Waals surface area contributed by atoms with Crippen molar-refractivity contribution in [2.45, 2.75) is 0 Å². The lowest BCUT2D eigenvalue weighted by Gasteiger charge is -1.96. The average Bonchev–Trinajstić information content (AvgIpc) is 3.88. The first-order valence-corrected chi connectivity index (χ1v) is 17.0. The molecule has 6 aromatic heterocycles. The van der Waals surface area contributed by atoms with Gasteiger partial charge in [0.15, 0.2) is 21.2 Å². The highest BCUT2D eigenvalue weighted by molar-refractivity contribution is 7.30. The number of hydrogen-bond acceptors (Lipinski definition) is 10. The SMILES string of the molecule is c1ccc(-c2cc3sc(-c4nc5cc6cc7oc(-c8nc9sc(-c%10ccccc%10)cc9s8)nc7cc6cc5o4)nc3s2)cc1. The lowest BCUT2D eigenvalue weighted by Crippen LogP contribution is -1.76. The molecule has 0 aliphatic heterocycles. The van der Waals surface area contributed by atoms with Crippen LogP contribution in [0.25, 0.3) is 94.7 Å². The molecule has 0 aliphatic carbocycles. The van der Waals surface area contributed by atoms with E-state index in [9.17, 15) is 0 Å². The fourth-order valence-corrected chi connectivity index (χ4v) is 9.71. The molecule has 0 unspecified atom stereocenters. The molecule has 6 nitrogen and oxygen atoms in total. The van der Waals surface area contributed by atoms with E-state index in [2.05, 4.69) is 60.7 Å².